The number of amides is 1. The van der Waals surface area contributed by atoms with Crippen LogP contribution in [0.25, 0.3) is 0 Å². The van der Waals surface area contributed by atoms with Gasteiger partial charge < -0.3 is 11.1 Å². The van der Waals surface area contributed by atoms with E-state index in [1.165, 1.54) is 23.5 Å². The zero-order chi connectivity index (χ0) is 14.0. The van der Waals surface area contributed by atoms with Crippen molar-refractivity contribution >= 4 is 38.9 Å². The quantitative estimate of drug-likeness (QED) is 0.891. The molecule has 1 unspecified atom stereocenters. The number of rotatable bonds is 4. The summed E-state index contributed by atoms with van der Waals surface area (Å²) in [5.74, 6) is -0.797. The second kappa shape index (κ2) is 5.71. The Bertz CT molecular complexity index is 578. The second-order valence-electron chi connectivity index (χ2n) is 4.04. The number of anilines is 1. The van der Waals surface area contributed by atoms with Gasteiger partial charge in [0.05, 0.1) is 0 Å². The van der Waals surface area contributed by atoms with E-state index < -0.39 is 11.9 Å². The summed E-state index contributed by atoms with van der Waals surface area (Å²) in [7, 11) is 0. The first-order valence-electron chi connectivity index (χ1n) is 5.54. The summed E-state index contributed by atoms with van der Waals surface area (Å²) in [6, 6.07) is 7.04. The molecule has 100 valence electrons. The third kappa shape index (κ3) is 3.33. The molecule has 2 aromatic rings. The number of primary amides is 1. The van der Waals surface area contributed by atoms with Crippen molar-refractivity contribution in [1.29, 1.82) is 0 Å². The van der Waals surface area contributed by atoms with Gasteiger partial charge in [0.25, 0.3) is 0 Å². The van der Waals surface area contributed by atoms with Crippen molar-refractivity contribution in [2.24, 2.45) is 5.73 Å². The lowest BCUT2D eigenvalue weighted by Gasteiger charge is -2.15. The van der Waals surface area contributed by atoms with E-state index in [0.29, 0.717) is 5.69 Å². The van der Waals surface area contributed by atoms with Crippen molar-refractivity contribution < 1.29 is 9.18 Å². The molecule has 1 atom stereocenters. The van der Waals surface area contributed by atoms with E-state index in [1.54, 1.807) is 12.1 Å². The van der Waals surface area contributed by atoms with Gasteiger partial charge in [-0.15, -0.1) is 11.3 Å². The number of nitrogens with two attached hydrogens (primary N) is 1. The zero-order valence-electron chi connectivity index (χ0n) is 10.1. The smallest absolute Gasteiger partial charge is 0.245 e. The fraction of sp³-hybridized carbons (Fsp3) is 0.154. The molecule has 0 bridgehead atoms. The normalized spacial score (nSPS) is 12.2. The van der Waals surface area contributed by atoms with Crippen LogP contribution in [0.3, 0.4) is 0 Å². The Morgan fingerprint density at radius 3 is 2.53 bits per heavy atom. The Labute approximate surface area is 122 Å². The second-order valence-corrected chi connectivity index (χ2v) is 6.18. The molecule has 0 fully saturated rings. The van der Waals surface area contributed by atoms with Gasteiger partial charge in [-0.25, -0.2) is 4.39 Å². The molecule has 6 heteroatoms. The molecule has 1 heterocycles. The standard InChI is InChI=1S/C13H12BrFN2OS/c1-7-10(14)6-11(19-7)12(13(16)18)17-9-4-2-8(15)3-5-9/h2-6,12,17H,1H3,(H2,16,18). The molecule has 1 aromatic carbocycles. The maximum absolute atomic E-state index is 12.8. The highest BCUT2D eigenvalue weighted by Gasteiger charge is 2.20. The third-order valence-corrected chi connectivity index (χ3v) is 4.80. The largest absolute Gasteiger partial charge is 0.369 e. The van der Waals surface area contributed by atoms with Crippen LogP contribution in [0.2, 0.25) is 0 Å². The molecule has 0 aliphatic carbocycles. The summed E-state index contributed by atoms with van der Waals surface area (Å²) < 4.78 is 13.8. The lowest BCUT2D eigenvalue weighted by Crippen LogP contribution is -2.26. The molecular formula is C13H12BrFN2OS. The first kappa shape index (κ1) is 14.0. The van der Waals surface area contributed by atoms with Crippen LogP contribution in [-0.4, -0.2) is 5.91 Å². The number of thiophene rings is 1. The van der Waals surface area contributed by atoms with Crippen molar-refractivity contribution in [3.63, 3.8) is 0 Å². The molecular weight excluding hydrogens is 331 g/mol. The fourth-order valence-corrected chi connectivity index (χ4v) is 3.24. The Kier molecular flexibility index (Phi) is 4.21. The summed E-state index contributed by atoms with van der Waals surface area (Å²) in [6.45, 7) is 1.95. The Hall–Kier alpha value is -1.40. The van der Waals surface area contributed by atoms with E-state index in [2.05, 4.69) is 21.2 Å². The van der Waals surface area contributed by atoms with E-state index in [-0.39, 0.29) is 5.82 Å². The predicted molar refractivity (Wildman–Crippen MR) is 78.7 cm³/mol. The number of hydrogen-bond donors (Lipinski definition) is 2. The maximum Gasteiger partial charge on any atom is 0.245 e. The molecule has 0 spiro atoms. The SMILES string of the molecule is Cc1sc(C(Nc2ccc(F)cc2)C(N)=O)cc1Br. The van der Waals surface area contributed by atoms with E-state index in [0.717, 1.165) is 14.2 Å². The summed E-state index contributed by atoms with van der Waals surface area (Å²) in [5.41, 5.74) is 6.07. The van der Waals surface area contributed by atoms with Gasteiger partial charge in [-0.2, -0.15) is 0 Å². The highest BCUT2D eigenvalue weighted by Crippen LogP contribution is 2.32. The maximum atomic E-state index is 12.8. The van der Waals surface area contributed by atoms with Crippen LogP contribution in [0.1, 0.15) is 15.8 Å². The van der Waals surface area contributed by atoms with Crippen LogP contribution < -0.4 is 11.1 Å². The molecule has 19 heavy (non-hydrogen) atoms. The Balaban J connectivity index is 2.26. The molecule has 3 nitrogen and oxygen atoms in total. The summed E-state index contributed by atoms with van der Waals surface area (Å²) in [4.78, 5) is 13.5. The molecule has 3 N–H and O–H groups in total. The van der Waals surface area contributed by atoms with Gasteiger partial charge in [-0.3, -0.25) is 4.79 Å². The van der Waals surface area contributed by atoms with Crippen LogP contribution in [0.4, 0.5) is 10.1 Å². The van der Waals surface area contributed by atoms with E-state index in [9.17, 15) is 9.18 Å². The molecule has 0 saturated heterocycles. The van der Waals surface area contributed by atoms with Crippen molar-refractivity contribution in [3.05, 3.63) is 50.4 Å². The van der Waals surface area contributed by atoms with Crippen molar-refractivity contribution in [2.75, 3.05) is 5.32 Å². The van der Waals surface area contributed by atoms with Crippen molar-refractivity contribution in [1.82, 2.24) is 0 Å². The highest BCUT2D eigenvalue weighted by atomic mass is 79.9. The average Bonchev–Trinajstić information content (AvgIpc) is 2.68. The van der Waals surface area contributed by atoms with Gasteiger partial charge in [0, 0.05) is 19.9 Å². The van der Waals surface area contributed by atoms with Crippen LogP contribution >= 0.6 is 27.3 Å². The summed E-state index contributed by atoms with van der Waals surface area (Å²) in [5, 5.41) is 3.01. The molecule has 0 radical (unpaired) electrons. The number of carbonyl (C=O) groups is 1. The number of aryl methyl sites for hydroxylation is 1. The van der Waals surface area contributed by atoms with Gasteiger partial charge in [-0.1, -0.05) is 0 Å². The van der Waals surface area contributed by atoms with E-state index >= 15 is 0 Å². The van der Waals surface area contributed by atoms with Crippen molar-refractivity contribution in [2.45, 2.75) is 13.0 Å². The minimum Gasteiger partial charge on any atom is -0.369 e. The monoisotopic (exact) mass is 342 g/mol. The van der Waals surface area contributed by atoms with Gasteiger partial charge in [0.1, 0.15) is 11.9 Å². The molecule has 1 amide bonds. The molecule has 1 aromatic heterocycles. The summed E-state index contributed by atoms with van der Waals surface area (Å²) in [6.07, 6.45) is 0. The molecule has 0 aliphatic rings. The Morgan fingerprint density at radius 1 is 1.42 bits per heavy atom. The average molecular weight is 343 g/mol. The van der Waals surface area contributed by atoms with Gasteiger partial charge in [0.2, 0.25) is 5.91 Å². The third-order valence-electron chi connectivity index (χ3n) is 2.60. The lowest BCUT2D eigenvalue weighted by atomic mass is 10.2. The first-order valence-corrected chi connectivity index (χ1v) is 7.15. The van der Waals surface area contributed by atoms with E-state index in [1.807, 2.05) is 13.0 Å². The van der Waals surface area contributed by atoms with Crippen LogP contribution in [0.5, 0.6) is 0 Å². The molecule has 0 aliphatic heterocycles. The summed E-state index contributed by atoms with van der Waals surface area (Å²) >= 11 is 4.90. The zero-order valence-corrected chi connectivity index (χ0v) is 12.5. The minimum absolute atomic E-state index is 0.323. The predicted octanol–water partition coefficient (Wildman–Crippen LogP) is 3.60. The minimum atomic E-state index is -0.625. The van der Waals surface area contributed by atoms with Crippen LogP contribution in [0.15, 0.2) is 34.8 Å². The van der Waals surface area contributed by atoms with Gasteiger partial charge in [-0.05, 0) is 53.2 Å². The first-order chi connectivity index (χ1) is 8.97. The van der Waals surface area contributed by atoms with Crippen LogP contribution in [0, 0.1) is 12.7 Å². The number of nitrogens with one attached hydrogen (secondary N) is 1. The Morgan fingerprint density at radius 2 is 2.05 bits per heavy atom. The fourth-order valence-electron chi connectivity index (χ4n) is 1.62. The topological polar surface area (TPSA) is 55.1 Å². The number of benzene rings is 1. The lowest BCUT2D eigenvalue weighted by molar-refractivity contribution is -0.118. The number of hydrogen-bond acceptors (Lipinski definition) is 3. The molecule has 0 saturated carbocycles. The highest BCUT2D eigenvalue weighted by molar-refractivity contribution is 9.10. The number of carbonyl (C=O) groups excluding carboxylic acids is 1. The van der Waals surface area contributed by atoms with Gasteiger partial charge >= 0.3 is 0 Å². The number of halogens is 2. The van der Waals surface area contributed by atoms with Crippen LogP contribution in [-0.2, 0) is 4.79 Å². The van der Waals surface area contributed by atoms with Gasteiger partial charge in [0.15, 0.2) is 0 Å². The molecule has 2 rings (SSSR count). The van der Waals surface area contributed by atoms with E-state index in [4.69, 9.17) is 5.73 Å². The van der Waals surface area contributed by atoms with Crippen molar-refractivity contribution in [3.8, 4) is 0 Å².